The second kappa shape index (κ2) is 6.73. The van der Waals surface area contributed by atoms with E-state index >= 15 is 0 Å². The first-order chi connectivity index (χ1) is 7.07. The third-order valence-corrected chi connectivity index (χ3v) is 2.14. The Kier molecular flexibility index (Phi) is 6.40. The standard InChI is InChI=1S/C10H12F3NO.ClH/c11-7-4-3-6(9(12)10(7)13)8(14)2-1-5-15;/h3-4,8,15H,1-2,5,14H2;1H/t8-;/m1./s1. The third kappa shape index (κ3) is 3.37. The van der Waals surface area contributed by atoms with E-state index in [1.54, 1.807) is 0 Å². The summed E-state index contributed by atoms with van der Waals surface area (Å²) in [5.41, 5.74) is 5.49. The van der Waals surface area contributed by atoms with E-state index < -0.39 is 23.5 Å². The maximum Gasteiger partial charge on any atom is 0.194 e. The minimum absolute atomic E-state index is 0. The van der Waals surface area contributed by atoms with Crippen LogP contribution in [-0.4, -0.2) is 11.7 Å². The van der Waals surface area contributed by atoms with E-state index in [0.717, 1.165) is 12.1 Å². The summed E-state index contributed by atoms with van der Waals surface area (Å²) in [5, 5.41) is 8.55. The molecule has 0 unspecified atom stereocenters. The van der Waals surface area contributed by atoms with Crippen molar-refractivity contribution in [3.8, 4) is 0 Å². The SMILES string of the molecule is Cl.N[C@H](CCCO)c1ccc(F)c(F)c1F. The van der Waals surface area contributed by atoms with Gasteiger partial charge in [-0.25, -0.2) is 13.2 Å². The van der Waals surface area contributed by atoms with Crippen LogP contribution in [-0.2, 0) is 0 Å². The fourth-order valence-corrected chi connectivity index (χ4v) is 1.29. The van der Waals surface area contributed by atoms with Gasteiger partial charge in [0.1, 0.15) is 0 Å². The molecule has 0 saturated heterocycles. The predicted molar refractivity (Wildman–Crippen MR) is 56.8 cm³/mol. The second-order valence-corrected chi connectivity index (χ2v) is 3.24. The molecule has 0 spiro atoms. The van der Waals surface area contributed by atoms with Gasteiger partial charge in [-0.15, -0.1) is 12.4 Å². The summed E-state index contributed by atoms with van der Waals surface area (Å²) in [6, 6.07) is 1.23. The monoisotopic (exact) mass is 255 g/mol. The van der Waals surface area contributed by atoms with Gasteiger partial charge in [-0.2, -0.15) is 0 Å². The Morgan fingerprint density at radius 2 is 1.81 bits per heavy atom. The number of nitrogens with two attached hydrogens (primary N) is 1. The average Bonchev–Trinajstić information content (AvgIpc) is 2.23. The molecule has 2 nitrogen and oxygen atoms in total. The smallest absolute Gasteiger partial charge is 0.194 e. The fourth-order valence-electron chi connectivity index (χ4n) is 1.29. The van der Waals surface area contributed by atoms with Crippen molar-refractivity contribution in [2.45, 2.75) is 18.9 Å². The van der Waals surface area contributed by atoms with E-state index in [-0.39, 0.29) is 24.6 Å². The molecule has 0 aliphatic heterocycles. The van der Waals surface area contributed by atoms with Gasteiger partial charge in [0.2, 0.25) is 0 Å². The Hall–Kier alpha value is -0.780. The molecule has 0 bridgehead atoms. The van der Waals surface area contributed by atoms with Crippen molar-refractivity contribution in [2.24, 2.45) is 5.73 Å². The van der Waals surface area contributed by atoms with Gasteiger partial charge >= 0.3 is 0 Å². The van der Waals surface area contributed by atoms with Crippen molar-refractivity contribution >= 4 is 12.4 Å². The van der Waals surface area contributed by atoms with E-state index in [2.05, 4.69) is 0 Å². The van der Waals surface area contributed by atoms with Gasteiger partial charge in [0.15, 0.2) is 17.5 Å². The number of halogens is 4. The first kappa shape index (κ1) is 15.2. The normalized spacial score (nSPS) is 12.1. The molecule has 0 aromatic heterocycles. The van der Waals surface area contributed by atoms with Crippen LogP contribution in [0.3, 0.4) is 0 Å². The molecular formula is C10H13ClF3NO. The zero-order valence-corrected chi connectivity index (χ0v) is 9.24. The lowest BCUT2D eigenvalue weighted by molar-refractivity contribution is 0.279. The van der Waals surface area contributed by atoms with Crippen LogP contribution in [0.15, 0.2) is 12.1 Å². The van der Waals surface area contributed by atoms with Crippen molar-refractivity contribution in [1.82, 2.24) is 0 Å². The van der Waals surface area contributed by atoms with Gasteiger partial charge in [0.25, 0.3) is 0 Å². The maximum absolute atomic E-state index is 13.2. The van der Waals surface area contributed by atoms with Crippen LogP contribution in [0.5, 0.6) is 0 Å². The molecule has 0 amide bonds. The summed E-state index contributed by atoms with van der Waals surface area (Å²) in [4.78, 5) is 0. The fraction of sp³-hybridized carbons (Fsp3) is 0.400. The summed E-state index contributed by atoms with van der Waals surface area (Å²) in [6.45, 7) is -0.0704. The van der Waals surface area contributed by atoms with Crippen molar-refractivity contribution in [3.05, 3.63) is 35.1 Å². The van der Waals surface area contributed by atoms with E-state index in [1.165, 1.54) is 0 Å². The van der Waals surface area contributed by atoms with Crippen LogP contribution in [0.1, 0.15) is 24.4 Å². The number of rotatable bonds is 4. The second-order valence-electron chi connectivity index (χ2n) is 3.24. The molecule has 3 N–H and O–H groups in total. The zero-order valence-electron chi connectivity index (χ0n) is 8.42. The van der Waals surface area contributed by atoms with Gasteiger partial charge in [0.05, 0.1) is 0 Å². The number of aliphatic hydroxyl groups is 1. The summed E-state index contributed by atoms with van der Waals surface area (Å²) < 4.78 is 38.6. The molecule has 1 atom stereocenters. The first-order valence-electron chi connectivity index (χ1n) is 4.57. The lowest BCUT2D eigenvalue weighted by atomic mass is 10.0. The first-order valence-corrected chi connectivity index (χ1v) is 4.57. The molecule has 0 aliphatic rings. The largest absolute Gasteiger partial charge is 0.396 e. The lowest BCUT2D eigenvalue weighted by Crippen LogP contribution is -2.14. The zero-order chi connectivity index (χ0) is 11.4. The van der Waals surface area contributed by atoms with Crippen molar-refractivity contribution in [2.75, 3.05) is 6.61 Å². The van der Waals surface area contributed by atoms with E-state index in [0.29, 0.717) is 12.8 Å². The van der Waals surface area contributed by atoms with Gasteiger partial charge < -0.3 is 10.8 Å². The van der Waals surface area contributed by atoms with E-state index in [1.807, 2.05) is 0 Å². The van der Waals surface area contributed by atoms with Crippen molar-refractivity contribution in [1.29, 1.82) is 0 Å². The Labute approximate surface area is 97.7 Å². The van der Waals surface area contributed by atoms with Gasteiger partial charge in [-0.3, -0.25) is 0 Å². The summed E-state index contributed by atoms with van der Waals surface area (Å²) >= 11 is 0. The minimum atomic E-state index is -1.51. The highest BCUT2D eigenvalue weighted by atomic mass is 35.5. The highest BCUT2D eigenvalue weighted by molar-refractivity contribution is 5.85. The number of hydrogen-bond acceptors (Lipinski definition) is 2. The van der Waals surface area contributed by atoms with Crippen LogP contribution in [0, 0.1) is 17.5 Å². The number of aliphatic hydroxyl groups excluding tert-OH is 1. The van der Waals surface area contributed by atoms with E-state index in [4.69, 9.17) is 10.8 Å². The van der Waals surface area contributed by atoms with Crippen LogP contribution >= 0.6 is 12.4 Å². The summed E-state index contributed by atoms with van der Waals surface area (Å²) in [7, 11) is 0. The molecule has 1 aromatic rings. The predicted octanol–water partition coefficient (Wildman–Crippen LogP) is 2.30. The van der Waals surface area contributed by atoms with Gasteiger partial charge in [0, 0.05) is 18.2 Å². The van der Waals surface area contributed by atoms with Gasteiger partial charge in [-0.1, -0.05) is 6.07 Å². The van der Waals surface area contributed by atoms with Crippen LogP contribution in [0.4, 0.5) is 13.2 Å². The van der Waals surface area contributed by atoms with Gasteiger partial charge in [-0.05, 0) is 18.9 Å². The molecule has 0 fully saturated rings. The Morgan fingerprint density at radius 3 is 2.38 bits per heavy atom. The Morgan fingerprint density at radius 1 is 1.19 bits per heavy atom. The molecule has 1 rings (SSSR count). The molecule has 0 radical (unpaired) electrons. The quantitative estimate of drug-likeness (QED) is 0.811. The van der Waals surface area contributed by atoms with Crippen molar-refractivity contribution < 1.29 is 18.3 Å². The molecule has 0 aliphatic carbocycles. The average molecular weight is 256 g/mol. The van der Waals surface area contributed by atoms with E-state index in [9.17, 15) is 13.2 Å². The molecule has 1 aromatic carbocycles. The molecule has 16 heavy (non-hydrogen) atoms. The molecular weight excluding hydrogens is 243 g/mol. The highest BCUT2D eigenvalue weighted by Crippen LogP contribution is 2.22. The maximum atomic E-state index is 13.2. The third-order valence-electron chi connectivity index (χ3n) is 2.14. The minimum Gasteiger partial charge on any atom is -0.396 e. The van der Waals surface area contributed by atoms with Crippen molar-refractivity contribution in [3.63, 3.8) is 0 Å². The number of benzene rings is 1. The topological polar surface area (TPSA) is 46.2 Å². The number of hydrogen-bond donors (Lipinski definition) is 2. The molecule has 92 valence electrons. The van der Waals surface area contributed by atoms with Crippen LogP contribution < -0.4 is 5.73 Å². The van der Waals surface area contributed by atoms with Crippen LogP contribution in [0.25, 0.3) is 0 Å². The Balaban J connectivity index is 0.00000225. The Bertz CT molecular complexity index is 349. The molecule has 0 saturated carbocycles. The highest BCUT2D eigenvalue weighted by Gasteiger charge is 2.17. The lowest BCUT2D eigenvalue weighted by Gasteiger charge is -2.12. The molecule has 6 heteroatoms. The van der Waals surface area contributed by atoms with Crippen LogP contribution in [0.2, 0.25) is 0 Å². The molecule has 0 heterocycles. The summed E-state index contributed by atoms with van der Waals surface area (Å²) in [5.74, 6) is -3.99. The summed E-state index contributed by atoms with van der Waals surface area (Å²) in [6.07, 6.45) is 0.706.